The van der Waals surface area contributed by atoms with Gasteiger partial charge in [-0.25, -0.2) is 0 Å². The second-order valence-corrected chi connectivity index (χ2v) is 5.49. The summed E-state index contributed by atoms with van der Waals surface area (Å²) in [6, 6.07) is 10.2. The van der Waals surface area contributed by atoms with E-state index in [2.05, 4.69) is 17.4 Å². The quantitative estimate of drug-likeness (QED) is 0.793. The molecule has 5 heteroatoms. The average molecular weight is 275 g/mol. The van der Waals surface area contributed by atoms with Crippen molar-refractivity contribution in [2.75, 3.05) is 32.8 Å². The van der Waals surface area contributed by atoms with Gasteiger partial charge in [0.15, 0.2) is 0 Å². The molecule has 1 amide bonds. The number of morpholine rings is 1. The van der Waals surface area contributed by atoms with Crippen LogP contribution in [0, 0.1) is 0 Å². The number of ether oxygens (including phenoxy) is 1. The molecule has 1 unspecified atom stereocenters. The van der Waals surface area contributed by atoms with Gasteiger partial charge in [0.2, 0.25) is 0 Å². The third kappa shape index (κ3) is 2.70. The number of nitrogens with zero attached hydrogens (tertiary/aromatic N) is 1. The summed E-state index contributed by atoms with van der Waals surface area (Å²) in [6.45, 7) is 3.30. The molecule has 0 saturated carbocycles. The zero-order chi connectivity index (χ0) is 13.9. The first-order valence-corrected chi connectivity index (χ1v) is 7.17. The summed E-state index contributed by atoms with van der Waals surface area (Å²) in [5.41, 5.74) is 7.42. The Kier molecular flexibility index (Phi) is 4.00. The van der Waals surface area contributed by atoms with Crippen LogP contribution in [0.1, 0.15) is 11.5 Å². The molecule has 108 valence electrons. The number of amides is 1. The normalized spacial score (nSPS) is 30.4. The third-order valence-corrected chi connectivity index (χ3v) is 4.11. The highest BCUT2D eigenvalue weighted by molar-refractivity contribution is 5.81. The maximum absolute atomic E-state index is 12.4. The SMILES string of the molecule is N[C@@H]1CN(C(=O)C2CNCCO2)C[C@H]1c1ccccc1. The maximum atomic E-state index is 12.4. The molecule has 3 atom stereocenters. The Morgan fingerprint density at radius 1 is 1.30 bits per heavy atom. The van der Waals surface area contributed by atoms with E-state index in [9.17, 15) is 4.79 Å². The van der Waals surface area contributed by atoms with Crippen molar-refractivity contribution in [3.05, 3.63) is 35.9 Å². The molecule has 3 N–H and O–H groups in total. The number of carbonyl (C=O) groups excluding carboxylic acids is 1. The molecule has 2 heterocycles. The molecule has 5 nitrogen and oxygen atoms in total. The molecule has 0 aromatic heterocycles. The van der Waals surface area contributed by atoms with Gasteiger partial charge in [-0.15, -0.1) is 0 Å². The van der Waals surface area contributed by atoms with Gasteiger partial charge in [0.25, 0.3) is 5.91 Å². The van der Waals surface area contributed by atoms with Crippen LogP contribution in [0.3, 0.4) is 0 Å². The van der Waals surface area contributed by atoms with Crippen LogP contribution in [0.25, 0.3) is 0 Å². The fourth-order valence-corrected chi connectivity index (χ4v) is 2.99. The van der Waals surface area contributed by atoms with E-state index >= 15 is 0 Å². The number of hydrogen-bond donors (Lipinski definition) is 2. The Balaban J connectivity index is 1.67. The van der Waals surface area contributed by atoms with Crippen molar-refractivity contribution >= 4 is 5.91 Å². The highest BCUT2D eigenvalue weighted by atomic mass is 16.5. The number of likely N-dealkylation sites (tertiary alicyclic amines) is 1. The lowest BCUT2D eigenvalue weighted by Crippen LogP contribution is -2.49. The summed E-state index contributed by atoms with van der Waals surface area (Å²) in [6.07, 6.45) is -0.356. The lowest BCUT2D eigenvalue weighted by atomic mass is 9.95. The molecule has 20 heavy (non-hydrogen) atoms. The van der Waals surface area contributed by atoms with Gasteiger partial charge < -0.3 is 20.7 Å². The topological polar surface area (TPSA) is 67.6 Å². The Morgan fingerprint density at radius 2 is 2.10 bits per heavy atom. The minimum Gasteiger partial charge on any atom is -0.366 e. The predicted octanol–water partition coefficient (Wildman–Crippen LogP) is -0.0719. The van der Waals surface area contributed by atoms with Crippen LogP contribution in [0.4, 0.5) is 0 Å². The Hall–Kier alpha value is -1.43. The number of benzene rings is 1. The van der Waals surface area contributed by atoms with Crippen molar-refractivity contribution in [3.63, 3.8) is 0 Å². The smallest absolute Gasteiger partial charge is 0.253 e. The van der Waals surface area contributed by atoms with E-state index in [1.54, 1.807) is 0 Å². The van der Waals surface area contributed by atoms with Crippen molar-refractivity contribution in [1.29, 1.82) is 0 Å². The van der Waals surface area contributed by atoms with Crippen LogP contribution in [0.5, 0.6) is 0 Å². The number of hydrogen-bond acceptors (Lipinski definition) is 4. The van der Waals surface area contributed by atoms with Crippen LogP contribution < -0.4 is 11.1 Å². The second-order valence-electron chi connectivity index (χ2n) is 5.49. The molecule has 1 aromatic carbocycles. The summed E-state index contributed by atoms with van der Waals surface area (Å²) in [4.78, 5) is 14.3. The lowest BCUT2D eigenvalue weighted by Gasteiger charge is -2.27. The number of nitrogens with one attached hydrogen (secondary N) is 1. The molecule has 0 radical (unpaired) electrons. The van der Waals surface area contributed by atoms with Crippen LogP contribution in [0.15, 0.2) is 30.3 Å². The van der Waals surface area contributed by atoms with Crippen LogP contribution in [-0.4, -0.2) is 55.7 Å². The monoisotopic (exact) mass is 275 g/mol. The van der Waals surface area contributed by atoms with Gasteiger partial charge >= 0.3 is 0 Å². The largest absolute Gasteiger partial charge is 0.366 e. The van der Waals surface area contributed by atoms with E-state index in [0.29, 0.717) is 26.2 Å². The third-order valence-electron chi connectivity index (χ3n) is 4.11. The molecule has 3 rings (SSSR count). The van der Waals surface area contributed by atoms with Crippen molar-refractivity contribution in [2.24, 2.45) is 5.73 Å². The van der Waals surface area contributed by atoms with E-state index in [0.717, 1.165) is 6.54 Å². The molecule has 2 aliphatic heterocycles. The van der Waals surface area contributed by atoms with Crippen molar-refractivity contribution in [2.45, 2.75) is 18.1 Å². The summed E-state index contributed by atoms with van der Waals surface area (Å²) < 4.78 is 5.53. The first-order chi connectivity index (χ1) is 9.75. The second kappa shape index (κ2) is 5.91. The van der Waals surface area contributed by atoms with Crippen LogP contribution >= 0.6 is 0 Å². The van der Waals surface area contributed by atoms with Crippen molar-refractivity contribution < 1.29 is 9.53 Å². The first kappa shape index (κ1) is 13.5. The number of rotatable bonds is 2. The highest BCUT2D eigenvalue weighted by Gasteiger charge is 2.37. The van der Waals surface area contributed by atoms with Crippen molar-refractivity contribution in [3.8, 4) is 0 Å². The van der Waals surface area contributed by atoms with Crippen LogP contribution in [-0.2, 0) is 9.53 Å². The zero-order valence-corrected chi connectivity index (χ0v) is 11.5. The minimum absolute atomic E-state index is 0.00194. The van der Waals surface area contributed by atoms with Crippen molar-refractivity contribution in [1.82, 2.24) is 10.2 Å². The average Bonchev–Trinajstić information content (AvgIpc) is 2.90. The van der Waals surface area contributed by atoms with Gasteiger partial charge in [-0.1, -0.05) is 30.3 Å². The fourth-order valence-electron chi connectivity index (χ4n) is 2.99. The highest BCUT2D eigenvalue weighted by Crippen LogP contribution is 2.27. The predicted molar refractivity (Wildman–Crippen MR) is 76.3 cm³/mol. The summed E-state index contributed by atoms with van der Waals surface area (Å²) in [5, 5.41) is 3.19. The lowest BCUT2D eigenvalue weighted by molar-refractivity contribution is -0.144. The summed E-state index contributed by atoms with van der Waals surface area (Å²) in [7, 11) is 0. The van der Waals surface area contributed by atoms with E-state index in [-0.39, 0.29) is 24.0 Å². The van der Waals surface area contributed by atoms with Crippen LogP contribution in [0.2, 0.25) is 0 Å². The van der Waals surface area contributed by atoms with Gasteiger partial charge in [0.1, 0.15) is 6.10 Å². The molecule has 0 aliphatic carbocycles. The zero-order valence-electron chi connectivity index (χ0n) is 11.5. The maximum Gasteiger partial charge on any atom is 0.253 e. The molecule has 0 bridgehead atoms. The first-order valence-electron chi connectivity index (χ1n) is 7.17. The number of carbonyl (C=O) groups is 1. The molecule has 2 fully saturated rings. The van der Waals surface area contributed by atoms with Gasteiger partial charge in [0, 0.05) is 38.1 Å². The standard InChI is InChI=1S/C15H21N3O2/c16-13-10-18(15(19)14-8-17-6-7-20-14)9-12(13)11-4-2-1-3-5-11/h1-5,12-14,17H,6-10,16H2/t12-,13+,14?/m0/s1. The molecule has 0 spiro atoms. The molecule has 2 saturated heterocycles. The van der Waals surface area contributed by atoms with Gasteiger partial charge in [0.05, 0.1) is 6.61 Å². The minimum atomic E-state index is -0.356. The molecular weight excluding hydrogens is 254 g/mol. The van der Waals surface area contributed by atoms with E-state index in [1.165, 1.54) is 5.56 Å². The van der Waals surface area contributed by atoms with Gasteiger partial charge in [-0.05, 0) is 5.56 Å². The molecular formula is C15H21N3O2. The number of nitrogens with two attached hydrogens (primary N) is 1. The Morgan fingerprint density at radius 3 is 2.80 bits per heavy atom. The van der Waals surface area contributed by atoms with Gasteiger partial charge in [-0.3, -0.25) is 4.79 Å². The Bertz CT molecular complexity index is 459. The van der Waals surface area contributed by atoms with E-state index in [4.69, 9.17) is 10.5 Å². The van der Waals surface area contributed by atoms with Gasteiger partial charge in [-0.2, -0.15) is 0 Å². The van der Waals surface area contributed by atoms with E-state index in [1.807, 2.05) is 23.1 Å². The summed E-state index contributed by atoms with van der Waals surface area (Å²) >= 11 is 0. The van der Waals surface area contributed by atoms with E-state index < -0.39 is 0 Å². The molecule has 2 aliphatic rings. The fraction of sp³-hybridized carbons (Fsp3) is 0.533. The molecule has 1 aromatic rings. The summed E-state index contributed by atoms with van der Waals surface area (Å²) in [5.74, 6) is 0.280. The Labute approximate surface area is 119 Å².